The van der Waals surface area contributed by atoms with E-state index in [1.165, 1.54) is 0 Å². The Morgan fingerprint density at radius 3 is 2.50 bits per heavy atom. The molecular formula is C9H4F3NO3. The van der Waals surface area contributed by atoms with E-state index in [1.54, 1.807) is 0 Å². The summed E-state index contributed by atoms with van der Waals surface area (Å²) in [6.07, 6.45) is 0. The first-order valence-corrected chi connectivity index (χ1v) is 4.15. The van der Waals surface area contributed by atoms with Crippen LogP contribution in [0.1, 0.15) is 15.9 Å². The van der Waals surface area contributed by atoms with Gasteiger partial charge < -0.3 is 5.11 Å². The predicted octanol–water partition coefficient (Wildman–Crippen LogP) is 0.871. The van der Waals surface area contributed by atoms with Gasteiger partial charge >= 0.3 is 5.91 Å². The minimum Gasteiger partial charge on any atom is -0.392 e. The molecule has 0 aliphatic carbocycles. The van der Waals surface area contributed by atoms with Crippen LogP contribution >= 0.6 is 0 Å². The van der Waals surface area contributed by atoms with E-state index >= 15 is 0 Å². The minimum atomic E-state index is -1.60. The molecule has 0 saturated carbocycles. The molecule has 0 atom stereocenters. The molecule has 0 bridgehead atoms. The Labute approximate surface area is 86.8 Å². The van der Waals surface area contributed by atoms with Crippen molar-refractivity contribution in [2.75, 3.05) is 5.12 Å². The molecule has 1 heterocycles. The van der Waals surface area contributed by atoms with Crippen LogP contribution in [0.2, 0.25) is 0 Å². The van der Waals surface area contributed by atoms with E-state index in [4.69, 9.17) is 5.11 Å². The van der Waals surface area contributed by atoms with E-state index in [-0.39, 0.29) is 5.56 Å². The molecule has 0 unspecified atom stereocenters. The number of aliphatic hydroxyl groups is 1. The molecule has 1 aromatic rings. The highest BCUT2D eigenvalue weighted by Crippen LogP contribution is 2.36. The molecule has 1 aliphatic heterocycles. The fraction of sp³-hybridized carbons (Fsp3) is 0.111. The zero-order valence-corrected chi connectivity index (χ0v) is 7.63. The number of Topliss-reactive ketones (excluding diaryl/α,β-unsaturated/α-hetero) is 1. The molecular weight excluding hydrogens is 227 g/mol. The Hall–Kier alpha value is -1.89. The van der Waals surface area contributed by atoms with Crippen LogP contribution in [0.5, 0.6) is 0 Å². The van der Waals surface area contributed by atoms with Crippen molar-refractivity contribution in [1.29, 1.82) is 0 Å². The molecule has 1 aliphatic rings. The number of aliphatic hydroxyl groups excluding tert-OH is 1. The molecule has 0 spiro atoms. The summed E-state index contributed by atoms with van der Waals surface area (Å²) in [5.41, 5.74) is -2.07. The number of nitrogens with zero attached hydrogens (tertiary/aromatic N) is 1. The number of carbonyl (C=O) groups excluding carboxylic acids is 2. The van der Waals surface area contributed by atoms with Crippen LogP contribution in [0.3, 0.4) is 0 Å². The molecule has 16 heavy (non-hydrogen) atoms. The first-order valence-electron chi connectivity index (χ1n) is 4.15. The highest BCUT2D eigenvalue weighted by molar-refractivity contribution is 6.51. The molecule has 7 heteroatoms. The maximum atomic E-state index is 13.2. The number of hydrogen-bond donors (Lipinski definition) is 1. The smallest absolute Gasteiger partial charge is 0.327 e. The van der Waals surface area contributed by atoms with Gasteiger partial charge in [-0.15, -0.1) is 5.12 Å². The number of benzene rings is 1. The lowest BCUT2D eigenvalue weighted by atomic mass is 10.1. The topological polar surface area (TPSA) is 57.6 Å². The zero-order valence-electron chi connectivity index (χ0n) is 7.63. The summed E-state index contributed by atoms with van der Waals surface area (Å²) in [6.45, 7) is -0.819. The van der Waals surface area contributed by atoms with Gasteiger partial charge in [-0.2, -0.15) is 0 Å². The summed E-state index contributed by atoms with van der Waals surface area (Å²) in [5.74, 6) is -6.08. The third-order valence-electron chi connectivity index (χ3n) is 2.24. The van der Waals surface area contributed by atoms with Crippen LogP contribution in [0.4, 0.5) is 18.9 Å². The largest absolute Gasteiger partial charge is 0.392 e. The second-order valence-electron chi connectivity index (χ2n) is 3.13. The van der Waals surface area contributed by atoms with E-state index in [9.17, 15) is 22.9 Å². The summed E-state index contributed by atoms with van der Waals surface area (Å²) in [4.78, 5) is 22.1. The fourth-order valence-corrected chi connectivity index (χ4v) is 1.52. The summed E-state index contributed by atoms with van der Waals surface area (Å²) in [6, 6.07) is 0.534. The van der Waals surface area contributed by atoms with E-state index in [2.05, 4.69) is 0 Å². The highest BCUT2D eigenvalue weighted by atomic mass is 19.2. The number of hydrogen-bond acceptors (Lipinski definition) is 3. The summed E-state index contributed by atoms with van der Waals surface area (Å²) < 4.78 is 39.3. The van der Waals surface area contributed by atoms with Gasteiger partial charge in [-0.3, -0.25) is 9.59 Å². The fourth-order valence-electron chi connectivity index (χ4n) is 1.52. The number of ketones is 1. The quantitative estimate of drug-likeness (QED) is 0.576. The van der Waals surface area contributed by atoms with Crippen molar-refractivity contribution in [1.82, 2.24) is 0 Å². The number of anilines is 1. The SMILES string of the molecule is O=C1C(=O)N(F)c2c(CO)cc(F)c(F)c21. The predicted molar refractivity (Wildman–Crippen MR) is 45.2 cm³/mol. The molecule has 1 N–H and O–H groups in total. The van der Waals surface area contributed by atoms with Gasteiger partial charge in [0, 0.05) is 5.56 Å². The highest BCUT2D eigenvalue weighted by Gasteiger charge is 2.42. The third kappa shape index (κ3) is 1.15. The van der Waals surface area contributed by atoms with Crippen molar-refractivity contribution < 1.29 is 28.0 Å². The van der Waals surface area contributed by atoms with Crippen molar-refractivity contribution in [3.05, 3.63) is 28.8 Å². The average molecular weight is 231 g/mol. The maximum absolute atomic E-state index is 13.2. The molecule has 1 amide bonds. The first-order chi connectivity index (χ1) is 7.49. The molecule has 0 fully saturated rings. The van der Waals surface area contributed by atoms with Crippen molar-refractivity contribution in [3.63, 3.8) is 0 Å². The molecule has 0 radical (unpaired) electrons. The van der Waals surface area contributed by atoms with Gasteiger partial charge in [0.2, 0.25) is 0 Å². The van der Waals surface area contributed by atoms with Gasteiger partial charge in [0.05, 0.1) is 17.9 Å². The molecule has 0 saturated heterocycles. The number of amides is 1. The van der Waals surface area contributed by atoms with Crippen molar-refractivity contribution in [3.8, 4) is 0 Å². The summed E-state index contributed by atoms with van der Waals surface area (Å²) in [7, 11) is 0. The number of halogens is 3. The maximum Gasteiger partial charge on any atom is 0.327 e. The van der Waals surface area contributed by atoms with Gasteiger partial charge in [0.15, 0.2) is 11.6 Å². The molecule has 0 aromatic heterocycles. The average Bonchev–Trinajstić information content (AvgIpc) is 2.49. The van der Waals surface area contributed by atoms with Crippen LogP contribution in [-0.4, -0.2) is 16.8 Å². The van der Waals surface area contributed by atoms with E-state index < -0.39 is 46.3 Å². The van der Waals surface area contributed by atoms with E-state index in [0.717, 1.165) is 0 Å². The van der Waals surface area contributed by atoms with Crippen LogP contribution in [0, 0.1) is 11.6 Å². The Balaban J connectivity index is 2.82. The Morgan fingerprint density at radius 2 is 1.94 bits per heavy atom. The van der Waals surface area contributed by atoms with Crippen LogP contribution in [-0.2, 0) is 11.4 Å². The van der Waals surface area contributed by atoms with Crippen molar-refractivity contribution in [2.24, 2.45) is 0 Å². The minimum absolute atomic E-state index is 0.365. The second kappa shape index (κ2) is 3.31. The van der Waals surface area contributed by atoms with Crippen LogP contribution in [0.25, 0.3) is 0 Å². The molecule has 4 nitrogen and oxygen atoms in total. The van der Waals surface area contributed by atoms with Crippen LogP contribution in [0.15, 0.2) is 6.07 Å². The molecule has 2 rings (SSSR count). The molecule has 1 aromatic carbocycles. The lowest BCUT2D eigenvalue weighted by Crippen LogP contribution is -2.21. The van der Waals surface area contributed by atoms with Gasteiger partial charge in [0.1, 0.15) is 0 Å². The first kappa shape index (κ1) is 10.6. The van der Waals surface area contributed by atoms with Crippen molar-refractivity contribution in [2.45, 2.75) is 6.61 Å². The summed E-state index contributed by atoms with van der Waals surface area (Å²) >= 11 is 0. The Bertz CT molecular complexity index is 515. The number of carbonyl (C=O) groups is 2. The molecule has 84 valence electrons. The van der Waals surface area contributed by atoms with Gasteiger partial charge in [0.25, 0.3) is 5.78 Å². The normalized spacial score (nSPS) is 14.6. The zero-order chi connectivity index (χ0) is 12.0. The Kier molecular flexibility index (Phi) is 2.20. The van der Waals surface area contributed by atoms with Gasteiger partial charge in [-0.25, -0.2) is 8.78 Å². The summed E-state index contributed by atoms with van der Waals surface area (Å²) in [5, 5.41) is 8.21. The standard InChI is InChI=1S/C9H4F3NO3/c10-4-1-3(2-14)7-5(6(4)11)8(15)9(16)13(7)12/h1,14H,2H2. The van der Waals surface area contributed by atoms with E-state index in [1.807, 2.05) is 0 Å². The number of rotatable bonds is 1. The van der Waals surface area contributed by atoms with Gasteiger partial charge in [-0.1, -0.05) is 4.48 Å². The number of fused-ring (bicyclic) bond motifs is 1. The van der Waals surface area contributed by atoms with Crippen molar-refractivity contribution >= 4 is 17.4 Å². The Morgan fingerprint density at radius 1 is 1.31 bits per heavy atom. The third-order valence-corrected chi connectivity index (χ3v) is 2.24. The second-order valence-corrected chi connectivity index (χ2v) is 3.13. The van der Waals surface area contributed by atoms with Crippen LogP contribution < -0.4 is 5.12 Å². The lowest BCUT2D eigenvalue weighted by Gasteiger charge is -2.09. The lowest BCUT2D eigenvalue weighted by molar-refractivity contribution is -0.116. The monoisotopic (exact) mass is 231 g/mol. The van der Waals surface area contributed by atoms with E-state index in [0.29, 0.717) is 6.07 Å². The van der Waals surface area contributed by atoms with Gasteiger partial charge in [-0.05, 0) is 6.07 Å².